The molecule has 0 atom stereocenters. The summed E-state index contributed by atoms with van der Waals surface area (Å²) in [6.45, 7) is 4.21. The van der Waals surface area contributed by atoms with Gasteiger partial charge in [0.1, 0.15) is 5.76 Å². The third-order valence-corrected chi connectivity index (χ3v) is 4.23. The van der Waals surface area contributed by atoms with Gasteiger partial charge in [0, 0.05) is 17.7 Å². The maximum atomic E-state index is 5.97. The van der Waals surface area contributed by atoms with Crippen LogP contribution in [0.25, 0.3) is 29.2 Å². The molecule has 1 aliphatic rings. The molecule has 3 heterocycles. The molecule has 4 rings (SSSR count). The van der Waals surface area contributed by atoms with E-state index >= 15 is 0 Å². The van der Waals surface area contributed by atoms with Gasteiger partial charge in [-0.3, -0.25) is 0 Å². The van der Waals surface area contributed by atoms with E-state index in [9.17, 15) is 0 Å². The summed E-state index contributed by atoms with van der Waals surface area (Å²) < 4.78 is 11.9. The molecule has 1 N–H and O–H groups in total. The number of aromatic nitrogens is 2. The topological polar surface area (TPSA) is 55.0 Å². The number of rotatable bonds is 4. The van der Waals surface area contributed by atoms with Crippen LogP contribution in [0.2, 0.25) is 0 Å². The molecule has 3 aromatic heterocycles. The molecule has 0 saturated carbocycles. The molecule has 0 amide bonds. The van der Waals surface area contributed by atoms with Crippen molar-refractivity contribution in [3.8, 4) is 23.1 Å². The van der Waals surface area contributed by atoms with Gasteiger partial charge >= 0.3 is 0 Å². The number of nitrogens with one attached hydrogen (secondary N) is 1. The van der Waals surface area contributed by atoms with Gasteiger partial charge in [-0.25, -0.2) is 4.98 Å². The zero-order chi connectivity index (χ0) is 15.8. The normalized spacial score (nSPS) is 13.5. The van der Waals surface area contributed by atoms with Gasteiger partial charge in [0.15, 0.2) is 23.1 Å². The molecule has 4 nitrogen and oxygen atoms in total. The molecule has 3 aromatic rings. The van der Waals surface area contributed by atoms with Crippen molar-refractivity contribution in [1.82, 2.24) is 9.97 Å². The van der Waals surface area contributed by atoms with Crippen LogP contribution in [0.1, 0.15) is 42.5 Å². The van der Waals surface area contributed by atoms with Crippen molar-refractivity contribution >= 4 is 6.08 Å². The Morgan fingerprint density at radius 2 is 2.04 bits per heavy atom. The van der Waals surface area contributed by atoms with Gasteiger partial charge in [0.25, 0.3) is 0 Å². The lowest BCUT2D eigenvalue weighted by Gasteiger charge is -2.00. The predicted molar refractivity (Wildman–Crippen MR) is 90.1 cm³/mol. The van der Waals surface area contributed by atoms with Crippen molar-refractivity contribution in [3.05, 3.63) is 47.0 Å². The Balaban J connectivity index is 1.65. The Morgan fingerprint density at radius 1 is 1.17 bits per heavy atom. The molecule has 0 radical (unpaired) electrons. The number of nitrogens with zero attached hydrogens (tertiary/aromatic N) is 1. The Kier molecular flexibility index (Phi) is 3.45. The molecular formula is C19H20N2O2. The summed E-state index contributed by atoms with van der Waals surface area (Å²) in [4.78, 5) is 7.96. The Hall–Kier alpha value is -2.49. The van der Waals surface area contributed by atoms with E-state index in [1.807, 2.05) is 18.2 Å². The smallest absolute Gasteiger partial charge is 0.174 e. The monoisotopic (exact) mass is 308 g/mol. The van der Waals surface area contributed by atoms with E-state index in [1.54, 1.807) is 0 Å². The van der Waals surface area contributed by atoms with E-state index in [0.29, 0.717) is 0 Å². The van der Waals surface area contributed by atoms with Crippen molar-refractivity contribution in [2.24, 2.45) is 0 Å². The highest BCUT2D eigenvalue weighted by Gasteiger charge is 2.17. The molecule has 118 valence electrons. The first-order valence-corrected chi connectivity index (χ1v) is 8.20. The number of fused-ring (bicyclic) bond motifs is 1. The highest BCUT2D eigenvalue weighted by atomic mass is 16.4. The minimum atomic E-state index is 0.744. The summed E-state index contributed by atoms with van der Waals surface area (Å²) in [7, 11) is 0. The van der Waals surface area contributed by atoms with Gasteiger partial charge in [0.05, 0.1) is 5.69 Å². The van der Waals surface area contributed by atoms with E-state index in [4.69, 9.17) is 8.83 Å². The van der Waals surface area contributed by atoms with Gasteiger partial charge < -0.3 is 13.8 Å². The van der Waals surface area contributed by atoms with Gasteiger partial charge in [-0.15, -0.1) is 0 Å². The van der Waals surface area contributed by atoms with Crippen LogP contribution in [0.15, 0.2) is 33.1 Å². The summed E-state index contributed by atoms with van der Waals surface area (Å²) in [5.41, 5.74) is 3.38. The molecule has 4 heteroatoms. The van der Waals surface area contributed by atoms with Crippen LogP contribution in [-0.4, -0.2) is 9.97 Å². The van der Waals surface area contributed by atoms with Gasteiger partial charge in [0.2, 0.25) is 0 Å². The first kappa shape index (κ1) is 14.1. The van der Waals surface area contributed by atoms with E-state index in [1.165, 1.54) is 0 Å². The summed E-state index contributed by atoms with van der Waals surface area (Å²) in [6, 6.07) is 5.94. The predicted octanol–water partition coefficient (Wildman–Crippen LogP) is 5.15. The number of aryl methyl sites for hydroxylation is 3. The van der Waals surface area contributed by atoms with Crippen LogP contribution >= 0.6 is 0 Å². The second-order valence-electron chi connectivity index (χ2n) is 6.00. The number of aromatic amines is 1. The summed E-state index contributed by atoms with van der Waals surface area (Å²) in [5, 5.41) is 0. The average molecular weight is 308 g/mol. The number of imidazole rings is 1. The van der Waals surface area contributed by atoms with Crippen LogP contribution in [0.4, 0.5) is 0 Å². The lowest BCUT2D eigenvalue weighted by molar-refractivity contribution is 0.493. The largest absolute Gasteiger partial charge is 0.457 e. The van der Waals surface area contributed by atoms with Crippen LogP contribution < -0.4 is 0 Å². The molecule has 0 saturated heterocycles. The number of H-pyrrole nitrogens is 1. The lowest BCUT2D eigenvalue weighted by atomic mass is 10.1. The SMILES string of the molecule is CCCc1nc(-c2ccc(-c3cc4c(o3)CCC=C4)o2)[nH]c1C. The van der Waals surface area contributed by atoms with Crippen LogP contribution in [-0.2, 0) is 12.8 Å². The molecule has 0 aliphatic heterocycles. The van der Waals surface area contributed by atoms with Crippen molar-refractivity contribution < 1.29 is 8.83 Å². The number of hydrogen-bond donors (Lipinski definition) is 1. The molecular weight excluding hydrogens is 288 g/mol. The van der Waals surface area contributed by atoms with E-state index < -0.39 is 0 Å². The fraction of sp³-hybridized carbons (Fsp3) is 0.316. The number of allylic oxidation sites excluding steroid dienone is 1. The third kappa shape index (κ3) is 2.54. The first-order chi connectivity index (χ1) is 11.2. The van der Waals surface area contributed by atoms with Crippen molar-refractivity contribution in [2.75, 3.05) is 0 Å². The number of hydrogen-bond acceptors (Lipinski definition) is 3. The second-order valence-corrected chi connectivity index (χ2v) is 6.00. The minimum absolute atomic E-state index is 0.744. The highest BCUT2D eigenvalue weighted by molar-refractivity contribution is 5.64. The van der Waals surface area contributed by atoms with Crippen molar-refractivity contribution in [2.45, 2.75) is 39.5 Å². The average Bonchev–Trinajstić information content (AvgIpc) is 3.25. The fourth-order valence-electron chi connectivity index (χ4n) is 3.02. The van der Waals surface area contributed by atoms with Crippen molar-refractivity contribution in [3.63, 3.8) is 0 Å². The van der Waals surface area contributed by atoms with E-state index in [0.717, 1.165) is 71.5 Å². The summed E-state index contributed by atoms with van der Waals surface area (Å²) >= 11 is 0. The molecule has 0 aromatic carbocycles. The molecule has 0 unspecified atom stereocenters. The first-order valence-electron chi connectivity index (χ1n) is 8.20. The number of furan rings is 2. The van der Waals surface area contributed by atoms with E-state index in [2.05, 4.69) is 36.0 Å². The Labute approximate surface area is 135 Å². The van der Waals surface area contributed by atoms with Gasteiger partial charge in [-0.1, -0.05) is 25.5 Å². The lowest BCUT2D eigenvalue weighted by Crippen LogP contribution is -1.87. The maximum absolute atomic E-state index is 5.97. The summed E-state index contributed by atoms with van der Waals surface area (Å²) in [6.07, 6.45) is 8.35. The van der Waals surface area contributed by atoms with Gasteiger partial charge in [-0.2, -0.15) is 0 Å². The van der Waals surface area contributed by atoms with Crippen LogP contribution in [0, 0.1) is 6.92 Å². The summed E-state index contributed by atoms with van der Waals surface area (Å²) in [5.74, 6) is 4.10. The quantitative estimate of drug-likeness (QED) is 0.725. The zero-order valence-corrected chi connectivity index (χ0v) is 13.5. The molecule has 0 fully saturated rings. The second kappa shape index (κ2) is 5.61. The Morgan fingerprint density at radius 3 is 2.87 bits per heavy atom. The van der Waals surface area contributed by atoms with Crippen LogP contribution in [0.3, 0.4) is 0 Å². The molecule has 0 bridgehead atoms. The van der Waals surface area contributed by atoms with Gasteiger partial charge in [-0.05, 0) is 38.0 Å². The standard InChI is InChI=1S/C19H20N2O2/c1-3-6-14-12(2)20-19(21-14)17-10-9-16(23-17)18-11-13-7-4-5-8-15(13)22-18/h4,7,9-11H,3,5-6,8H2,1-2H3,(H,20,21). The maximum Gasteiger partial charge on any atom is 0.174 e. The molecule has 0 spiro atoms. The zero-order valence-electron chi connectivity index (χ0n) is 13.5. The van der Waals surface area contributed by atoms with Crippen molar-refractivity contribution in [1.29, 1.82) is 0 Å². The van der Waals surface area contributed by atoms with E-state index in [-0.39, 0.29) is 0 Å². The van der Waals surface area contributed by atoms with Crippen LogP contribution in [0.5, 0.6) is 0 Å². The fourth-order valence-corrected chi connectivity index (χ4v) is 3.02. The minimum Gasteiger partial charge on any atom is -0.457 e. The highest BCUT2D eigenvalue weighted by Crippen LogP contribution is 2.33. The third-order valence-electron chi connectivity index (χ3n) is 4.23. The molecule has 1 aliphatic carbocycles. The Bertz CT molecular complexity index is 864. The molecule has 23 heavy (non-hydrogen) atoms.